The minimum atomic E-state index is -3.90. The molecule has 9 heteroatoms. The minimum absolute atomic E-state index is 0.115. The third-order valence-corrected chi connectivity index (χ3v) is 7.31. The van der Waals surface area contributed by atoms with E-state index in [9.17, 15) is 8.42 Å². The summed E-state index contributed by atoms with van der Waals surface area (Å²) in [5.41, 5.74) is 4.64. The quantitative estimate of drug-likeness (QED) is 0.672. The van der Waals surface area contributed by atoms with Crippen molar-refractivity contribution >= 4 is 10.3 Å². The molecule has 2 aliphatic rings. The zero-order chi connectivity index (χ0) is 22.3. The summed E-state index contributed by atoms with van der Waals surface area (Å²) in [6.07, 6.45) is 1.64. The van der Waals surface area contributed by atoms with Crippen molar-refractivity contribution in [3.8, 4) is 23.0 Å². The summed E-state index contributed by atoms with van der Waals surface area (Å²) in [5.74, 6) is 2.06. The number of methoxy groups -OCH3 is 3. The Balaban J connectivity index is 1.74. The summed E-state index contributed by atoms with van der Waals surface area (Å²) in [6, 6.07) is 7.92. The van der Waals surface area contributed by atoms with E-state index >= 15 is 0 Å². The molecule has 0 bridgehead atoms. The van der Waals surface area contributed by atoms with Gasteiger partial charge in [0, 0.05) is 33.2 Å². The smallest absolute Gasteiger partial charge is 0.384 e. The van der Waals surface area contributed by atoms with Crippen LogP contribution < -0.4 is 18.4 Å². The average Bonchev–Trinajstić information content (AvgIpc) is 2.75. The van der Waals surface area contributed by atoms with Gasteiger partial charge in [-0.1, -0.05) is 0 Å². The molecule has 2 aliphatic heterocycles. The molecule has 0 amide bonds. The Morgan fingerprint density at radius 2 is 1.45 bits per heavy atom. The third-order valence-electron chi connectivity index (χ3n) is 6.03. The Kier molecular flexibility index (Phi) is 5.76. The number of nitrogens with zero attached hydrogens (tertiary/aromatic N) is 2. The van der Waals surface area contributed by atoms with Crippen LogP contribution in [0.15, 0.2) is 24.3 Å². The van der Waals surface area contributed by atoms with Gasteiger partial charge in [0.1, 0.15) is 0 Å². The molecule has 0 saturated heterocycles. The number of fused-ring (bicyclic) bond motifs is 4. The Morgan fingerprint density at radius 3 is 2.06 bits per heavy atom. The molecule has 1 unspecified atom stereocenters. The molecule has 0 aromatic heterocycles. The molecule has 0 aliphatic carbocycles. The van der Waals surface area contributed by atoms with Crippen LogP contribution in [0.5, 0.6) is 23.0 Å². The fourth-order valence-corrected chi connectivity index (χ4v) is 4.84. The number of hydrogen-bond acceptors (Lipinski definition) is 7. The van der Waals surface area contributed by atoms with Crippen LogP contribution in [0.4, 0.5) is 0 Å². The van der Waals surface area contributed by atoms with Crippen LogP contribution in [0, 0.1) is 0 Å². The number of benzene rings is 2. The topological polar surface area (TPSA) is 77.5 Å². The van der Waals surface area contributed by atoms with Crippen molar-refractivity contribution in [1.29, 1.82) is 0 Å². The Bertz CT molecular complexity index is 1100. The van der Waals surface area contributed by atoms with Crippen molar-refractivity contribution in [1.82, 2.24) is 9.21 Å². The highest BCUT2D eigenvalue weighted by Gasteiger charge is 2.34. The summed E-state index contributed by atoms with van der Waals surface area (Å²) in [4.78, 5) is 2.41. The molecule has 1 atom stereocenters. The first kappa shape index (κ1) is 21.7. The van der Waals surface area contributed by atoms with Crippen LogP contribution in [0.25, 0.3) is 0 Å². The van der Waals surface area contributed by atoms with E-state index < -0.39 is 10.3 Å². The normalized spacial score (nSPS) is 18.1. The fraction of sp³-hybridized carbons (Fsp3) is 0.455. The van der Waals surface area contributed by atoms with E-state index in [1.165, 1.54) is 32.3 Å². The highest BCUT2D eigenvalue weighted by molar-refractivity contribution is 7.84. The number of hydrogen-bond donors (Lipinski definition) is 0. The van der Waals surface area contributed by atoms with Crippen molar-refractivity contribution in [2.24, 2.45) is 0 Å². The van der Waals surface area contributed by atoms with Crippen LogP contribution in [0.1, 0.15) is 28.3 Å². The van der Waals surface area contributed by atoms with Gasteiger partial charge in [-0.25, -0.2) is 0 Å². The lowest BCUT2D eigenvalue weighted by Crippen LogP contribution is -2.39. The van der Waals surface area contributed by atoms with E-state index in [2.05, 4.69) is 4.90 Å². The monoisotopic (exact) mass is 448 g/mol. The number of ether oxygens (including phenoxy) is 3. The van der Waals surface area contributed by atoms with Gasteiger partial charge in [0.15, 0.2) is 23.0 Å². The molecule has 0 spiro atoms. The fourth-order valence-electron chi connectivity index (χ4n) is 4.33. The van der Waals surface area contributed by atoms with Crippen LogP contribution in [0.3, 0.4) is 0 Å². The van der Waals surface area contributed by atoms with Crippen molar-refractivity contribution in [2.45, 2.75) is 25.4 Å². The van der Waals surface area contributed by atoms with Crippen LogP contribution in [-0.4, -0.2) is 59.6 Å². The zero-order valence-corrected chi connectivity index (χ0v) is 19.3. The second kappa shape index (κ2) is 8.22. The molecule has 2 heterocycles. The minimum Gasteiger partial charge on any atom is -0.493 e. The molecule has 0 radical (unpaired) electrons. The van der Waals surface area contributed by atoms with Crippen LogP contribution >= 0.6 is 0 Å². The highest BCUT2D eigenvalue weighted by atomic mass is 32.2. The van der Waals surface area contributed by atoms with Crippen molar-refractivity contribution in [3.05, 3.63) is 46.5 Å². The van der Waals surface area contributed by atoms with Gasteiger partial charge in [0.2, 0.25) is 0 Å². The molecule has 31 heavy (non-hydrogen) atoms. The summed E-state index contributed by atoms with van der Waals surface area (Å²) >= 11 is 0. The summed E-state index contributed by atoms with van der Waals surface area (Å²) in [6.45, 7) is 1.70. The highest BCUT2D eigenvalue weighted by Crippen LogP contribution is 2.44. The second-order valence-corrected chi connectivity index (χ2v) is 9.69. The van der Waals surface area contributed by atoms with E-state index in [0.29, 0.717) is 11.5 Å². The summed E-state index contributed by atoms with van der Waals surface area (Å²) < 4.78 is 47.5. The average molecular weight is 449 g/mol. The predicted octanol–water partition coefficient (Wildman–Crippen LogP) is 2.55. The molecule has 2 aromatic carbocycles. The molecule has 0 N–H and O–H groups in total. The number of rotatable bonds is 6. The first-order valence-corrected chi connectivity index (χ1v) is 11.4. The maximum absolute atomic E-state index is 12.3. The molecule has 8 nitrogen and oxygen atoms in total. The third kappa shape index (κ3) is 3.93. The van der Waals surface area contributed by atoms with E-state index in [1.54, 1.807) is 14.2 Å². The summed E-state index contributed by atoms with van der Waals surface area (Å²) in [7, 11) is 3.76. The predicted molar refractivity (Wildman–Crippen MR) is 116 cm³/mol. The van der Waals surface area contributed by atoms with E-state index in [1.807, 2.05) is 24.3 Å². The van der Waals surface area contributed by atoms with Gasteiger partial charge < -0.3 is 18.4 Å². The lowest BCUT2D eigenvalue weighted by molar-refractivity contribution is 0.160. The van der Waals surface area contributed by atoms with Crippen LogP contribution in [-0.2, 0) is 29.7 Å². The van der Waals surface area contributed by atoms with Gasteiger partial charge in [-0.15, -0.1) is 0 Å². The van der Waals surface area contributed by atoms with E-state index in [0.717, 1.165) is 47.1 Å². The largest absolute Gasteiger partial charge is 0.493 e. The maximum atomic E-state index is 12.3. The molecule has 4 rings (SSSR count). The van der Waals surface area contributed by atoms with Gasteiger partial charge >= 0.3 is 10.3 Å². The second-order valence-electron chi connectivity index (χ2n) is 7.94. The van der Waals surface area contributed by atoms with Crippen molar-refractivity contribution < 1.29 is 26.8 Å². The van der Waals surface area contributed by atoms with Gasteiger partial charge in [-0.3, -0.25) is 4.90 Å². The van der Waals surface area contributed by atoms with Gasteiger partial charge in [-0.2, -0.15) is 12.7 Å². The first-order chi connectivity index (χ1) is 14.8. The van der Waals surface area contributed by atoms with Gasteiger partial charge in [-0.05, 0) is 59.4 Å². The SMILES string of the molecule is COc1cc2c(cc1OC)CN1CCc3cc(OC)c(OS(=O)(=O)N(C)C)cc3C1C2. The Hall–Kier alpha value is -2.49. The molecule has 0 saturated carbocycles. The first-order valence-electron chi connectivity index (χ1n) is 10.1. The zero-order valence-electron chi connectivity index (χ0n) is 18.5. The van der Waals surface area contributed by atoms with Crippen molar-refractivity contribution in [2.75, 3.05) is 42.0 Å². The lowest BCUT2D eigenvalue weighted by Gasteiger charge is -2.41. The maximum Gasteiger partial charge on any atom is 0.384 e. The standard InChI is InChI=1S/C22H28N2O6S/c1-23(2)31(25,26)30-22-12-17-14(9-21(22)29-5)6-7-24-13-16-11-20(28-4)19(27-3)10-15(16)8-18(17)24/h9-12,18H,6-8,13H2,1-5H3. The molecular weight excluding hydrogens is 420 g/mol. The van der Waals surface area contributed by atoms with Crippen LogP contribution in [0.2, 0.25) is 0 Å². The summed E-state index contributed by atoms with van der Waals surface area (Å²) in [5, 5.41) is 0. The molecule has 0 fully saturated rings. The Labute approximate surface area is 183 Å². The molecular formula is C22H28N2O6S. The molecule has 2 aromatic rings. The Morgan fingerprint density at radius 1 is 0.871 bits per heavy atom. The van der Waals surface area contributed by atoms with E-state index in [-0.39, 0.29) is 11.8 Å². The van der Waals surface area contributed by atoms with Gasteiger partial charge in [0.25, 0.3) is 0 Å². The van der Waals surface area contributed by atoms with Crippen molar-refractivity contribution in [3.63, 3.8) is 0 Å². The van der Waals surface area contributed by atoms with Gasteiger partial charge in [0.05, 0.1) is 21.3 Å². The molecule has 168 valence electrons. The van der Waals surface area contributed by atoms with E-state index in [4.69, 9.17) is 18.4 Å². The lowest BCUT2D eigenvalue weighted by atomic mass is 9.83.